The quantitative estimate of drug-likeness (QED) is 0.822. The van der Waals surface area contributed by atoms with E-state index in [0.29, 0.717) is 0 Å². The molecule has 2 rings (SSSR count). The molecule has 1 fully saturated rings. The Kier molecular flexibility index (Phi) is 4.28. The maximum Gasteiger partial charge on any atom is 0.173 e. The molecule has 1 aromatic carbocycles. The summed E-state index contributed by atoms with van der Waals surface area (Å²) in [5, 5.41) is 0. The van der Waals surface area contributed by atoms with Crippen LogP contribution >= 0.6 is 0 Å². The van der Waals surface area contributed by atoms with Crippen LogP contribution in [0, 0.1) is 17.6 Å². The fourth-order valence-corrected chi connectivity index (χ4v) is 2.28. The second-order valence-corrected chi connectivity index (χ2v) is 4.66. The average Bonchev–Trinajstić information content (AvgIpc) is 2.40. The van der Waals surface area contributed by atoms with Crippen molar-refractivity contribution in [2.45, 2.75) is 32.1 Å². The van der Waals surface area contributed by atoms with Crippen LogP contribution in [-0.2, 0) is 4.79 Å². The van der Waals surface area contributed by atoms with Gasteiger partial charge in [0.25, 0.3) is 0 Å². The number of benzene rings is 1. The summed E-state index contributed by atoms with van der Waals surface area (Å²) >= 11 is 0. The Morgan fingerprint density at radius 3 is 2.67 bits per heavy atom. The summed E-state index contributed by atoms with van der Waals surface area (Å²) < 4.78 is 31.2. The predicted octanol–water partition coefficient (Wildman–Crippen LogP) is 3.49. The van der Waals surface area contributed by atoms with Crippen LogP contribution in [0.4, 0.5) is 8.78 Å². The first-order valence-corrected chi connectivity index (χ1v) is 6.27. The van der Waals surface area contributed by atoms with Crippen molar-refractivity contribution in [3.05, 3.63) is 29.8 Å². The van der Waals surface area contributed by atoms with Gasteiger partial charge in [-0.15, -0.1) is 0 Å². The molecule has 0 N–H and O–H groups in total. The van der Waals surface area contributed by atoms with Crippen molar-refractivity contribution in [2.24, 2.45) is 5.92 Å². The van der Waals surface area contributed by atoms with Crippen molar-refractivity contribution in [3.63, 3.8) is 0 Å². The number of Topliss-reactive ketones (excluding diaryl/α,β-unsaturated/α-hetero) is 1. The summed E-state index contributed by atoms with van der Waals surface area (Å²) in [6.07, 6.45) is 5.06. The van der Waals surface area contributed by atoms with E-state index in [-0.39, 0.29) is 24.1 Å². The number of rotatable bonds is 4. The van der Waals surface area contributed by atoms with Crippen molar-refractivity contribution < 1.29 is 18.3 Å². The van der Waals surface area contributed by atoms with Gasteiger partial charge in [0.1, 0.15) is 12.4 Å². The van der Waals surface area contributed by atoms with Crippen LogP contribution in [0.15, 0.2) is 18.2 Å². The third kappa shape index (κ3) is 3.28. The molecule has 1 saturated carbocycles. The van der Waals surface area contributed by atoms with Crippen molar-refractivity contribution in [1.82, 2.24) is 0 Å². The predicted molar refractivity (Wildman–Crippen MR) is 63.4 cm³/mol. The van der Waals surface area contributed by atoms with Crippen LogP contribution in [0.2, 0.25) is 0 Å². The molecule has 0 heterocycles. The third-order valence-corrected chi connectivity index (χ3v) is 3.32. The normalized spacial score (nSPS) is 16.6. The van der Waals surface area contributed by atoms with E-state index < -0.39 is 11.6 Å². The second-order valence-electron chi connectivity index (χ2n) is 4.66. The van der Waals surface area contributed by atoms with Crippen LogP contribution in [0.3, 0.4) is 0 Å². The molecule has 4 heteroatoms. The van der Waals surface area contributed by atoms with E-state index in [9.17, 15) is 13.6 Å². The molecule has 0 saturated heterocycles. The topological polar surface area (TPSA) is 26.3 Å². The lowest BCUT2D eigenvalue weighted by atomic mass is 9.86. The third-order valence-electron chi connectivity index (χ3n) is 3.32. The Hall–Kier alpha value is -1.45. The Morgan fingerprint density at radius 1 is 1.22 bits per heavy atom. The van der Waals surface area contributed by atoms with Gasteiger partial charge < -0.3 is 4.74 Å². The number of carbonyl (C=O) groups excluding carboxylic acids is 1. The highest BCUT2D eigenvalue weighted by Crippen LogP contribution is 2.25. The number of carbonyl (C=O) groups is 1. The lowest BCUT2D eigenvalue weighted by Crippen LogP contribution is -2.23. The first-order valence-electron chi connectivity index (χ1n) is 6.27. The highest BCUT2D eigenvalue weighted by Gasteiger charge is 2.21. The molecule has 0 aliphatic heterocycles. The summed E-state index contributed by atoms with van der Waals surface area (Å²) in [5.41, 5.74) is 0. The molecule has 0 radical (unpaired) electrons. The summed E-state index contributed by atoms with van der Waals surface area (Å²) in [5.74, 6) is -1.41. The van der Waals surface area contributed by atoms with Gasteiger partial charge in [0.15, 0.2) is 17.3 Å². The lowest BCUT2D eigenvalue weighted by Gasteiger charge is -2.20. The zero-order valence-electron chi connectivity index (χ0n) is 10.1. The van der Waals surface area contributed by atoms with E-state index in [4.69, 9.17) is 4.74 Å². The molecule has 0 atom stereocenters. The van der Waals surface area contributed by atoms with Crippen LogP contribution < -0.4 is 4.74 Å². The summed E-state index contributed by atoms with van der Waals surface area (Å²) in [7, 11) is 0. The summed E-state index contributed by atoms with van der Waals surface area (Å²) in [4.78, 5) is 11.8. The van der Waals surface area contributed by atoms with Crippen LogP contribution in [-0.4, -0.2) is 12.4 Å². The van der Waals surface area contributed by atoms with E-state index in [2.05, 4.69) is 0 Å². The van der Waals surface area contributed by atoms with Gasteiger partial charge in [0, 0.05) is 12.0 Å². The Labute approximate surface area is 105 Å². The van der Waals surface area contributed by atoms with Gasteiger partial charge in [-0.1, -0.05) is 19.3 Å². The number of halogens is 2. The SMILES string of the molecule is O=C(COc1cc(F)ccc1F)C1CCCCC1. The average molecular weight is 254 g/mol. The zero-order valence-corrected chi connectivity index (χ0v) is 10.1. The molecule has 0 amide bonds. The van der Waals surface area contributed by atoms with Gasteiger partial charge in [0.2, 0.25) is 0 Å². The number of ketones is 1. The Bertz CT molecular complexity index is 426. The molecule has 0 unspecified atom stereocenters. The fraction of sp³-hybridized carbons (Fsp3) is 0.500. The molecule has 0 spiro atoms. The Balaban J connectivity index is 1.90. The van der Waals surface area contributed by atoms with Crippen molar-refractivity contribution in [3.8, 4) is 5.75 Å². The smallest absolute Gasteiger partial charge is 0.173 e. The van der Waals surface area contributed by atoms with Crippen molar-refractivity contribution >= 4 is 5.78 Å². The molecule has 18 heavy (non-hydrogen) atoms. The van der Waals surface area contributed by atoms with Crippen LogP contribution in [0.25, 0.3) is 0 Å². The van der Waals surface area contributed by atoms with Gasteiger partial charge in [-0.25, -0.2) is 8.78 Å². The van der Waals surface area contributed by atoms with E-state index in [0.717, 1.165) is 43.9 Å². The number of hydrogen-bond donors (Lipinski definition) is 0. The fourth-order valence-electron chi connectivity index (χ4n) is 2.28. The van der Waals surface area contributed by atoms with Crippen molar-refractivity contribution in [2.75, 3.05) is 6.61 Å². The maximum atomic E-state index is 13.3. The summed E-state index contributed by atoms with van der Waals surface area (Å²) in [6, 6.07) is 2.98. The molecule has 2 nitrogen and oxygen atoms in total. The highest BCUT2D eigenvalue weighted by atomic mass is 19.1. The largest absolute Gasteiger partial charge is 0.483 e. The molecular formula is C14H16F2O2. The first kappa shape index (κ1) is 13.0. The van der Waals surface area contributed by atoms with Gasteiger partial charge >= 0.3 is 0 Å². The van der Waals surface area contributed by atoms with E-state index >= 15 is 0 Å². The van der Waals surface area contributed by atoms with Crippen LogP contribution in [0.5, 0.6) is 5.75 Å². The number of hydrogen-bond acceptors (Lipinski definition) is 2. The van der Waals surface area contributed by atoms with Gasteiger partial charge in [-0.3, -0.25) is 4.79 Å². The van der Waals surface area contributed by atoms with E-state index in [1.54, 1.807) is 0 Å². The van der Waals surface area contributed by atoms with Gasteiger partial charge in [-0.2, -0.15) is 0 Å². The summed E-state index contributed by atoms with van der Waals surface area (Å²) in [6.45, 7) is -0.176. The van der Waals surface area contributed by atoms with Crippen molar-refractivity contribution in [1.29, 1.82) is 0 Å². The minimum Gasteiger partial charge on any atom is -0.483 e. The first-order chi connectivity index (χ1) is 8.66. The van der Waals surface area contributed by atoms with E-state index in [1.807, 2.05) is 0 Å². The highest BCUT2D eigenvalue weighted by molar-refractivity contribution is 5.82. The van der Waals surface area contributed by atoms with Gasteiger partial charge in [0.05, 0.1) is 0 Å². The molecule has 1 aliphatic carbocycles. The minimum atomic E-state index is -0.646. The zero-order chi connectivity index (χ0) is 13.0. The molecule has 0 bridgehead atoms. The van der Waals surface area contributed by atoms with Gasteiger partial charge in [-0.05, 0) is 25.0 Å². The standard InChI is InChI=1S/C14H16F2O2/c15-11-6-7-12(16)14(8-11)18-9-13(17)10-4-2-1-3-5-10/h6-8,10H,1-5,9H2. The maximum absolute atomic E-state index is 13.3. The Morgan fingerprint density at radius 2 is 1.94 bits per heavy atom. The molecular weight excluding hydrogens is 238 g/mol. The number of ether oxygens (including phenoxy) is 1. The molecule has 98 valence electrons. The van der Waals surface area contributed by atoms with Crippen LogP contribution in [0.1, 0.15) is 32.1 Å². The second kappa shape index (κ2) is 5.94. The van der Waals surface area contributed by atoms with E-state index in [1.165, 1.54) is 6.42 Å². The molecule has 0 aromatic heterocycles. The molecule has 1 aromatic rings. The monoisotopic (exact) mass is 254 g/mol. The minimum absolute atomic E-state index is 0.0154. The molecule has 1 aliphatic rings. The lowest BCUT2D eigenvalue weighted by molar-refractivity contribution is -0.125.